The molecule has 0 unspecified atom stereocenters. The Kier molecular flexibility index (Phi) is 8.46. The molecule has 0 amide bonds. The second kappa shape index (κ2) is 11.2. The molecule has 1 atom stereocenters. The van der Waals surface area contributed by atoms with Crippen molar-refractivity contribution in [3.8, 4) is 17.2 Å². The Morgan fingerprint density at radius 1 is 0.811 bits per heavy atom. The summed E-state index contributed by atoms with van der Waals surface area (Å²) in [5, 5.41) is 9.61. The van der Waals surface area contributed by atoms with Crippen LogP contribution in [0.4, 0.5) is 45.2 Å². The molecule has 3 rings (SSSR count). The summed E-state index contributed by atoms with van der Waals surface area (Å²) in [6, 6.07) is 12.0. The predicted octanol–water partition coefficient (Wildman–Crippen LogP) is 7.17. The van der Waals surface area contributed by atoms with Crippen molar-refractivity contribution in [3.63, 3.8) is 0 Å². The lowest BCUT2D eigenvalue weighted by molar-refractivity contribution is -0.200. The first kappa shape index (κ1) is 28.0. The molecule has 13 heteroatoms. The Hall–Kier alpha value is -3.61. The second-order valence-electron chi connectivity index (χ2n) is 7.69. The molecular formula is C24H18F9NO3. The molecule has 4 nitrogen and oxygen atoms in total. The number of hydrogen-bond acceptors (Lipinski definition) is 4. The van der Waals surface area contributed by atoms with E-state index in [1.807, 2.05) is 0 Å². The van der Waals surface area contributed by atoms with Crippen LogP contribution in [0, 0.1) is 5.82 Å². The van der Waals surface area contributed by atoms with E-state index in [2.05, 4.69) is 4.74 Å². The van der Waals surface area contributed by atoms with Crippen LogP contribution in [0.25, 0.3) is 0 Å². The third-order valence-corrected chi connectivity index (χ3v) is 4.96. The number of ether oxygens (including phenoxy) is 2. The maximum atomic E-state index is 14.4. The van der Waals surface area contributed by atoms with Crippen LogP contribution in [0.1, 0.15) is 11.1 Å². The average Bonchev–Trinajstić information content (AvgIpc) is 2.78. The monoisotopic (exact) mass is 539 g/mol. The van der Waals surface area contributed by atoms with E-state index in [0.29, 0.717) is 6.07 Å². The number of anilines is 1. The molecule has 0 heterocycles. The van der Waals surface area contributed by atoms with Gasteiger partial charge in [0.05, 0.1) is 12.1 Å². The summed E-state index contributed by atoms with van der Waals surface area (Å²) in [5.41, 5.74) is -1.63. The van der Waals surface area contributed by atoms with Gasteiger partial charge in [0.25, 0.3) is 0 Å². The Morgan fingerprint density at radius 3 is 2.03 bits per heavy atom. The zero-order valence-corrected chi connectivity index (χ0v) is 18.5. The highest BCUT2D eigenvalue weighted by Gasteiger charge is 2.39. The minimum absolute atomic E-state index is 0.0000768. The van der Waals surface area contributed by atoms with E-state index in [1.54, 1.807) is 0 Å². The van der Waals surface area contributed by atoms with Crippen LogP contribution in [-0.2, 0) is 12.7 Å². The van der Waals surface area contributed by atoms with Crippen molar-refractivity contribution >= 4 is 5.69 Å². The summed E-state index contributed by atoms with van der Waals surface area (Å²) in [4.78, 5) is 0.910. The smallest absolute Gasteiger partial charge is 0.416 e. The topological polar surface area (TPSA) is 41.9 Å². The van der Waals surface area contributed by atoms with Gasteiger partial charge in [0.2, 0.25) is 0 Å². The fourth-order valence-electron chi connectivity index (χ4n) is 3.22. The summed E-state index contributed by atoms with van der Waals surface area (Å²) < 4.78 is 127. The van der Waals surface area contributed by atoms with E-state index in [9.17, 15) is 44.6 Å². The molecule has 0 aromatic heterocycles. The molecular weight excluding hydrogens is 521 g/mol. The van der Waals surface area contributed by atoms with Gasteiger partial charge in [0, 0.05) is 29.9 Å². The number of benzene rings is 3. The molecule has 0 fully saturated rings. The molecule has 1 N–H and O–H groups in total. The van der Waals surface area contributed by atoms with Gasteiger partial charge in [0.15, 0.2) is 6.10 Å². The zero-order valence-electron chi connectivity index (χ0n) is 18.5. The van der Waals surface area contributed by atoms with E-state index in [0.717, 1.165) is 17.0 Å². The van der Waals surface area contributed by atoms with Crippen LogP contribution in [0.3, 0.4) is 0 Å². The quantitative estimate of drug-likeness (QED) is 0.293. The van der Waals surface area contributed by atoms with Gasteiger partial charge in [-0.2, -0.15) is 35.1 Å². The molecule has 0 saturated heterocycles. The molecule has 0 aliphatic heterocycles. The SMILES string of the molecule is O[C@H](CN(Cc1ccc(C(F)(F)F)cc1F)c1cccc(Oc2cccc(OC(F)F)c2)c1)C(F)(F)F. The van der Waals surface area contributed by atoms with E-state index in [-0.39, 0.29) is 34.6 Å². The summed E-state index contributed by atoms with van der Waals surface area (Å²) in [7, 11) is 0. The molecule has 3 aromatic rings. The highest BCUT2D eigenvalue weighted by molar-refractivity contribution is 5.52. The van der Waals surface area contributed by atoms with E-state index < -0.39 is 49.5 Å². The van der Waals surface area contributed by atoms with Crippen LogP contribution in [-0.4, -0.2) is 30.5 Å². The number of nitrogens with zero attached hydrogens (tertiary/aromatic N) is 1. The fraction of sp³-hybridized carbons (Fsp3) is 0.250. The second-order valence-corrected chi connectivity index (χ2v) is 7.69. The highest BCUT2D eigenvalue weighted by Crippen LogP contribution is 2.33. The van der Waals surface area contributed by atoms with Crippen molar-refractivity contribution in [2.24, 2.45) is 0 Å². The number of aliphatic hydroxyl groups is 1. The Morgan fingerprint density at radius 2 is 1.43 bits per heavy atom. The molecule has 0 aliphatic carbocycles. The van der Waals surface area contributed by atoms with Crippen LogP contribution in [0.15, 0.2) is 66.7 Å². The largest absolute Gasteiger partial charge is 0.457 e. The summed E-state index contributed by atoms with van der Waals surface area (Å²) in [6.07, 6.45) is -12.7. The Balaban J connectivity index is 1.90. The third kappa shape index (κ3) is 7.94. The predicted molar refractivity (Wildman–Crippen MR) is 114 cm³/mol. The first-order valence-corrected chi connectivity index (χ1v) is 10.4. The van der Waals surface area contributed by atoms with Crippen molar-refractivity contribution in [1.29, 1.82) is 0 Å². The summed E-state index contributed by atoms with van der Waals surface area (Å²) >= 11 is 0. The molecule has 200 valence electrons. The van der Waals surface area contributed by atoms with Gasteiger partial charge in [-0.1, -0.05) is 18.2 Å². The van der Waals surface area contributed by atoms with E-state index in [1.165, 1.54) is 42.5 Å². The number of rotatable bonds is 9. The van der Waals surface area contributed by atoms with Gasteiger partial charge in [-0.25, -0.2) is 4.39 Å². The zero-order chi connectivity index (χ0) is 27.4. The van der Waals surface area contributed by atoms with Gasteiger partial charge in [0.1, 0.15) is 23.1 Å². The molecule has 0 bridgehead atoms. The first-order valence-electron chi connectivity index (χ1n) is 10.4. The summed E-state index contributed by atoms with van der Waals surface area (Å²) in [5.74, 6) is -1.43. The van der Waals surface area contributed by atoms with Crippen LogP contribution >= 0.6 is 0 Å². The van der Waals surface area contributed by atoms with E-state index in [4.69, 9.17) is 4.74 Å². The normalized spacial score (nSPS) is 12.9. The molecule has 37 heavy (non-hydrogen) atoms. The summed E-state index contributed by atoms with van der Waals surface area (Å²) in [6.45, 7) is -4.79. The molecule has 0 aliphatic rings. The van der Waals surface area contributed by atoms with E-state index >= 15 is 0 Å². The van der Waals surface area contributed by atoms with Crippen LogP contribution in [0.5, 0.6) is 17.2 Å². The lowest BCUT2D eigenvalue weighted by atomic mass is 10.1. The maximum absolute atomic E-state index is 14.4. The highest BCUT2D eigenvalue weighted by atomic mass is 19.4. The third-order valence-electron chi connectivity index (χ3n) is 4.96. The minimum Gasteiger partial charge on any atom is -0.457 e. The Labute approximate surface area is 204 Å². The molecule has 0 saturated carbocycles. The van der Waals surface area contributed by atoms with Gasteiger partial charge in [-0.3, -0.25) is 0 Å². The number of aliphatic hydroxyl groups excluding tert-OH is 1. The van der Waals surface area contributed by atoms with Crippen molar-refractivity contribution < 1.29 is 54.1 Å². The van der Waals surface area contributed by atoms with Crippen LogP contribution < -0.4 is 14.4 Å². The van der Waals surface area contributed by atoms with Crippen molar-refractivity contribution in [2.75, 3.05) is 11.4 Å². The van der Waals surface area contributed by atoms with Crippen molar-refractivity contribution in [2.45, 2.75) is 31.6 Å². The van der Waals surface area contributed by atoms with Crippen molar-refractivity contribution in [1.82, 2.24) is 0 Å². The molecule has 3 aromatic carbocycles. The number of alkyl halides is 8. The van der Waals surface area contributed by atoms with Gasteiger partial charge in [-0.15, -0.1) is 0 Å². The molecule has 0 radical (unpaired) electrons. The maximum Gasteiger partial charge on any atom is 0.416 e. The fourth-order valence-corrected chi connectivity index (χ4v) is 3.22. The lowest BCUT2D eigenvalue weighted by Crippen LogP contribution is -2.41. The van der Waals surface area contributed by atoms with Gasteiger partial charge < -0.3 is 19.5 Å². The first-order chi connectivity index (χ1) is 17.2. The number of hydrogen-bond donors (Lipinski definition) is 1. The van der Waals surface area contributed by atoms with Crippen LogP contribution in [0.2, 0.25) is 0 Å². The standard InChI is InChI=1S/C24H18F9NO3/c25-20-9-15(23(28,29)30)8-7-14(20)12-34(13-21(35)24(31,32)33)16-3-1-4-17(10-16)36-18-5-2-6-19(11-18)37-22(26)27/h1-11,21-22,35H,12-13H2/t21-/m1/s1. The lowest BCUT2D eigenvalue weighted by Gasteiger charge is -2.29. The Bertz CT molecular complexity index is 1200. The van der Waals surface area contributed by atoms with Gasteiger partial charge >= 0.3 is 19.0 Å². The van der Waals surface area contributed by atoms with Gasteiger partial charge in [-0.05, 0) is 36.4 Å². The number of halogens is 9. The average molecular weight is 539 g/mol. The minimum atomic E-state index is -5.03. The molecule has 0 spiro atoms. The van der Waals surface area contributed by atoms with Crippen molar-refractivity contribution in [3.05, 3.63) is 83.7 Å².